The van der Waals surface area contributed by atoms with Gasteiger partial charge in [0.15, 0.2) is 0 Å². The first-order valence-electron chi connectivity index (χ1n) is 6.19. The Bertz CT molecular complexity index is 397. The van der Waals surface area contributed by atoms with E-state index < -0.39 is 11.7 Å². The lowest BCUT2D eigenvalue weighted by Crippen LogP contribution is -2.35. The molecule has 0 aromatic heterocycles. The second-order valence-electron chi connectivity index (χ2n) is 4.90. The van der Waals surface area contributed by atoms with E-state index in [1.165, 1.54) is 0 Å². The molecule has 1 aromatic rings. The molecule has 0 radical (unpaired) electrons. The monoisotopic (exact) mass is 237 g/mol. The Morgan fingerprint density at radius 1 is 1.35 bits per heavy atom. The average molecular weight is 237 g/mol. The van der Waals surface area contributed by atoms with E-state index >= 15 is 0 Å². The molecule has 2 N–H and O–H groups in total. The van der Waals surface area contributed by atoms with Crippen LogP contribution in [0.3, 0.4) is 0 Å². The highest BCUT2D eigenvalue weighted by molar-refractivity contribution is 5.46. The van der Waals surface area contributed by atoms with Gasteiger partial charge in [-0.25, -0.2) is 4.39 Å². The lowest BCUT2D eigenvalue weighted by molar-refractivity contribution is 0.342. The summed E-state index contributed by atoms with van der Waals surface area (Å²) in [6.45, 7) is 1.55. The van der Waals surface area contributed by atoms with E-state index in [2.05, 4.69) is 0 Å². The average Bonchev–Trinajstić information content (AvgIpc) is 2.76. The van der Waals surface area contributed by atoms with Crippen molar-refractivity contribution < 1.29 is 9.13 Å². The van der Waals surface area contributed by atoms with Crippen LogP contribution in [0.2, 0.25) is 0 Å². The van der Waals surface area contributed by atoms with Crippen LogP contribution in [0.15, 0.2) is 18.2 Å². The molecular weight excluding hydrogens is 217 g/mol. The van der Waals surface area contributed by atoms with Crippen molar-refractivity contribution in [3.8, 4) is 5.75 Å². The minimum atomic E-state index is -1.01. The molecule has 94 valence electrons. The summed E-state index contributed by atoms with van der Waals surface area (Å²) in [7, 11) is 1.61. The number of halogens is 1. The van der Waals surface area contributed by atoms with Crippen LogP contribution < -0.4 is 10.5 Å². The van der Waals surface area contributed by atoms with Crippen molar-refractivity contribution in [1.82, 2.24) is 0 Å². The van der Waals surface area contributed by atoms with Gasteiger partial charge in [0.05, 0.1) is 7.11 Å². The molecular formula is C14H20FNO. The highest BCUT2D eigenvalue weighted by Gasteiger charge is 2.36. The van der Waals surface area contributed by atoms with Gasteiger partial charge in [-0.1, -0.05) is 25.0 Å². The number of alkyl halides is 1. The second-order valence-corrected chi connectivity index (χ2v) is 4.90. The van der Waals surface area contributed by atoms with Crippen LogP contribution >= 0.6 is 0 Å². The van der Waals surface area contributed by atoms with E-state index in [1.54, 1.807) is 14.0 Å². The number of methoxy groups -OCH3 is 1. The minimum absolute atomic E-state index is 0.414. The molecule has 1 saturated carbocycles. The molecule has 1 fully saturated rings. The Hall–Kier alpha value is -1.09. The largest absolute Gasteiger partial charge is 0.496 e. The maximum absolute atomic E-state index is 13.7. The molecule has 1 aliphatic carbocycles. The Balaban J connectivity index is 2.55. The standard InChI is InChI=1S/C14H20FNO/c1-10(15)11-6-5-7-12(17-2)13(11)14(16)8-3-4-9-14/h5-7,10H,3-4,8-9,16H2,1-2H3. The number of hydrogen-bond donors (Lipinski definition) is 1. The Labute approximate surface area is 102 Å². The third kappa shape index (κ3) is 2.16. The zero-order chi connectivity index (χ0) is 12.5. The summed E-state index contributed by atoms with van der Waals surface area (Å²) in [5.74, 6) is 0.719. The van der Waals surface area contributed by atoms with Crippen LogP contribution in [-0.2, 0) is 5.54 Å². The fraction of sp³-hybridized carbons (Fsp3) is 0.571. The molecule has 0 amide bonds. The van der Waals surface area contributed by atoms with Crippen molar-refractivity contribution >= 4 is 0 Å². The topological polar surface area (TPSA) is 35.2 Å². The molecule has 1 unspecified atom stereocenters. The number of rotatable bonds is 3. The molecule has 1 aromatic carbocycles. The van der Waals surface area contributed by atoms with Gasteiger partial charge < -0.3 is 10.5 Å². The van der Waals surface area contributed by atoms with Gasteiger partial charge in [0.1, 0.15) is 11.9 Å². The van der Waals surface area contributed by atoms with E-state index in [1.807, 2.05) is 18.2 Å². The summed E-state index contributed by atoms with van der Waals surface area (Å²) in [4.78, 5) is 0. The maximum Gasteiger partial charge on any atom is 0.124 e. The van der Waals surface area contributed by atoms with Crippen LogP contribution in [0.4, 0.5) is 4.39 Å². The summed E-state index contributed by atoms with van der Waals surface area (Å²) in [6, 6.07) is 5.51. The van der Waals surface area contributed by atoms with Gasteiger partial charge in [0, 0.05) is 11.1 Å². The van der Waals surface area contributed by atoms with Crippen molar-refractivity contribution in [3.63, 3.8) is 0 Å². The molecule has 0 bridgehead atoms. The van der Waals surface area contributed by atoms with Crippen molar-refractivity contribution in [2.75, 3.05) is 7.11 Å². The van der Waals surface area contributed by atoms with Gasteiger partial charge in [-0.15, -0.1) is 0 Å². The van der Waals surface area contributed by atoms with Crippen LogP contribution in [-0.4, -0.2) is 7.11 Å². The summed E-state index contributed by atoms with van der Waals surface area (Å²) in [5.41, 5.74) is 7.58. The normalized spacial score (nSPS) is 20.2. The Kier molecular flexibility index (Phi) is 3.38. The quantitative estimate of drug-likeness (QED) is 0.873. The van der Waals surface area contributed by atoms with Gasteiger partial charge in [-0.05, 0) is 31.4 Å². The first kappa shape index (κ1) is 12.4. The molecule has 2 nitrogen and oxygen atoms in total. The summed E-state index contributed by atoms with van der Waals surface area (Å²) >= 11 is 0. The van der Waals surface area contributed by atoms with Gasteiger partial charge in [0.2, 0.25) is 0 Å². The molecule has 0 aliphatic heterocycles. The molecule has 0 saturated heterocycles. The third-order valence-electron chi connectivity index (χ3n) is 3.70. The van der Waals surface area contributed by atoms with E-state index in [9.17, 15) is 4.39 Å². The first-order chi connectivity index (χ1) is 8.08. The second kappa shape index (κ2) is 4.65. The van der Waals surface area contributed by atoms with E-state index in [-0.39, 0.29) is 0 Å². The van der Waals surface area contributed by atoms with Crippen molar-refractivity contribution in [1.29, 1.82) is 0 Å². The predicted molar refractivity (Wildman–Crippen MR) is 66.9 cm³/mol. The first-order valence-corrected chi connectivity index (χ1v) is 6.19. The molecule has 2 rings (SSSR count). The Morgan fingerprint density at radius 3 is 2.53 bits per heavy atom. The van der Waals surface area contributed by atoms with E-state index in [0.29, 0.717) is 5.56 Å². The molecule has 17 heavy (non-hydrogen) atoms. The van der Waals surface area contributed by atoms with Gasteiger partial charge in [-0.2, -0.15) is 0 Å². The Morgan fingerprint density at radius 2 is 2.00 bits per heavy atom. The molecule has 0 heterocycles. The van der Waals surface area contributed by atoms with Crippen molar-refractivity contribution in [2.24, 2.45) is 5.73 Å². The summed E-state index contributed by atoms with van der Waals surface area (Å²) < 4.78 is 19.1. The summed E-state index contributed by atoms with van der Waals surface area (Å²) in [5, 5.41) is 0. The fourth-order valence-corrected chi connectivity index (χ4v) is 2.84. The number of nitrogens with two attached hydrogens (primary N) is 1. The lowest BCUT2D eigenvalue weighted by Gasteiger charge is -2.29. The lowest BCUT2D eigenvalue weighted by atomic mass is 9.84. The third-order valence-corrected chi connectivity index (χ3v) is 3.70. The fourth-order valence-electron chi connectivity index (χ4n) is 2.84. The van der Waals surface area contributed by atoms with E-state index in [4.69, 9.17) is 10.5 Å². The van der Waals surface area contributed by atoms with Crippen molar-refractivity contribution in [2.45, 2.75) is 44.3 Å². The predicted octanol–water partition coefficient (Wildman–Crippen LogP) is 3.45. The highest BCUT2D eigenvalue weighted by Crippen LogP contribution is 2.44. The molecule has 1 atom stereocenters. The zero-order valence-corrected chi connectivity index (χ0v) is 10.5. The minimum Gasteiger partial charge on any atom is -0.496 e. The van der Waals surface area contributed by atoms with Gasteiger partial charge in [0.25, 0.3) is 0 Å². The van der Waals surface area contributed by atoms with Gasteiger partial charge >= 0.3 is 0 Å². The molecule has 3 heteroatoms. The SMILES string of the molecule is COc1cccc(C(C)F)c1C1(N)CCCC1. The van der Waals surface area contributed by atoms with Gasteiger partial charge in [-0.3, -0.25) is 0 Å². The van der Waals surface area contributed by atoms with Crippen molar-refractivity contribution in [3.05, 3.63) is 29.3 Å². The number of ether oxygens (including phenoxy) is 1. The van der Waals surface area contributed by atoms with Crippen LogP contribution in [0.25, 0.3) is 0 Å². The maximum atomic E-state index is 13.7. The zero-order valence-electron chi connectivity index (χ0n) is 10.5. The van der Waals surface area contributed by atoms with Crippen LogP contribution in [0, 0.1) is 0 Å². The summed E-state index contributed by atoms with van der Waals surface area (Å²) in [6.07, 6.45) is 3.02. The van der Waals surface area contributed by atoms with Crippen LogP contribution in [0.5, 0.6) is 5.75 Å². The smallest absolute Gasteiger partial charge is 0.124 e. The molecule has 0 spiro atoms. The van der Waals surface area contributed by atoms with Crippen LogP contribution in [0.1, 0.15) is 49.9 Å². The highest BCUT2D eigenvalue weighted by atomic mass is 19.1. The number of benzene rings is 1. The molecule has 1 aliphatic rings. The van der Waals surface area contributed by atoms with E-state index in [0.717, 1.165) is 37.0 Å². The number of hydrogen-bond acceptors (Lipinski definition) is 2.